The summed E-state index contributed by atoms with van der Waals surface area (Å²) in [6, 6.07) is 17.9. The summed E-state index contributed by atoms with van der Waals surface area (Å²) < 4.78 is 11.3. The number of aromatic amines is 1. The molecule has 0 unspecified atom stereocenters. The van der Waals surface area contributed by atoms with Gasteiger partial charge in [0.15, 0.2) is 0 Å². The highest BCUT2D eigenvalue weighted by Gasteiger charge is 2.25. The van der Waals surface area contributed by atoms with E-state index in [0.717, 1.165) is 36.6 Å². The quantitative estimate of drug-likeness (QED) is 0.338. The molecule has 4 rings (SSSR count). The predicted octanol–water partition coefficient (Wildman–Crippen LogP) is 4.71. The van der Waals surface area contributed by atoms with Gasteiger partial charge < -0.3 is 19.4 Å². The zero-order valence-electron chi connectivity index (χ0n) is 19.9. The Labute approximate surface area is 205 Å². The van der Waals surface area contributed by atoms with Crippen LogP contribution in [0.5, 0.6) is 5.75 Å². The highest BCUT2D eigenvalue weighted by molar-refractivity contribution is 5.89. The molecule has 1 saturated carbocycles. The molecule has 35 heavy (non-hydrogen) atoms. The van der Waals surface area contributed by atoms with Crippen LogP contribution in [0.2, 0.25) is 0 Å². The standard InChI is InChI=1S/C28H32N2O5/c31-26-16-13-22-20-24(14-15-25(22)29-26)34-18-7-12-27(32)30(23-10-5-2-6-11-23)17-19-35-28(33)21-8-3-1-4-9-21/h1,3-4,8-9,13-16,20,23H,2,5-7,10-12,17-19H2,(H,29,31). The third kappa shape index (κ3) is 6.94. The fraction of sp³-hybridized carbons (Fsp3) is 0.393. The van der Waals surface area contributed by atoms with Crippen LogP contribution in [-0.2, 0) is 9.53 Å². The molecule has 0 aliphatic heterocycles. The molecule has 1 aromatic heterocycles. The van der Waals surface area contributed by atoms with Gasteiger partial charge in [-0.3, -0.25) is 9.59 Å². The van der Waals surface area contributed by atoms with Gasteiger partial charge in [-0.05, 0) is 55.7 Å². The summed E-state index contributed by atoms with van der Waals surface area (Å²) in [7, 11) is 0. The first-order valence-corrected chi connectivity index (χ1v) is 12.4. The van der Waals surface area contributed by atoms with Crippen LogP contribution in [0.15, 0.2) is 65.5 Å². The zero-order valence-corrected chi connectivity index (χ0v) is 19.9. The molecule has 1 fully saturated rings. The van der Waals surface area contributed by atoms with Crippen molar-refractivity contribution in [2.75, 3.05) is 19.8 Å². The van der Waals surface area contributed by atoms with Gasteiger partial charge in [0.1, 0.15) is 12.4 Å². The number of aromatic nitrogens is 1. The number of H-pyrrole nitrogens is 1. The number of hydrogen-bond donors (Lipinski definition) is 1. The number of ether oxygens (including phenoxy) is 2. The fourth-order valence-electron chi connectivity index (χ4n) is 4.58. The highest BCUT2D eigenvalue weighted by atomic mass is 16.5. The van der Waals surface area contributed by atoms with Crippen molar-refractivity contribution in [2.24, 2.45) is 0 Å². The number of nitrogens with one attached hydrogen (secondary N) is 1. The van der Waals surface area contributed by atoms with E-state index in [1.165, 1.54) is 12.5 Å². The van der Waals surface area contributed by atoms with Crippen LogP contribution in [0.1, 0.15) is 55.3 Å². The molecule has 1 aliphatic rings. The molecule has 2 aromatic carbocycles. The maximum atomic E-state index is 13.1. The largest absolute Gasteiger partial charge is 0.494 e. The van der Waals surface area contributed by atoms with Gasteiger partial charge in [0.2, 0.25) is 11.5 Å². The lowest BCUT2D eigenvalue weighted by atomic mass is 9.94. The lowest BCUT2D eigenvalue weighted by molar-refractivity contribution is -0.135. The summed E-state index contributed by atoms with van der Waals surface area (Å²) in [6.45, 7) is 1.01. The molecule has 0 saturated heterocycles. The van der Waals surface area contributed by atoms with Gasteiger partial charge >= 0.3 is 5.97 Å². The molecule has 0 atom stereocenters. The molecule has 1 N–H and O–H groups in total. The maximum Gasteiger partial charge on any atom is 0.338 e. The average Bonchev–Trinajstić information content (AvgIpc) is 2.90. The Bertz CT molecular complexity index is 1180. The number of hydrogen-bond acceptors (Lipinski definition) is 5. The summed E-state index contributed by atoms with van der Waals surface area (Å²) in [4.78, 5) is 41.5. The number of pyridine rings is 1. The highest BCUT2D eigenvalue weighted by Crippen LogP contribution is 2.24. The second-order valence-corrected chi connectivity index (χ2v) is 8.90. The molecule has 1 aliphatic carbocycles. The smallest absolute Gasteiger partial charge is 0.338 e. The van der Waals surface area contributed by atoms with Gasteiger partial charge in [0.05, 0.1) is 18.7 Å². The summed E-state index contributed by atoms with van der Waals surface area (Å²) in [5.74, 6) is 0.413. The van der Waals surface area contributed by atoms with E-state index in [9.17, 15) is 14.4 Å². The van der Waals surface area contributed by atoms with E-state index in [-0.39, 0.29) is 30.1 Å². The van der Waals surface area contributed by atoms with Crippen LogP contribution < -0.4 is 10.3 Å². The van der Waals surface area contributed by atoms with Crippen LogP contribution >= 0.6 is 0 Å². The lowest BCUT2D eigenvalue weighted by Gasteiger charge is -2.34. The van der Waals surface area contributed by atoms with Crippen molar-refractivity contribution in [1.82, 2.24) is 9.88 Å². The van der Waals surface area contributed by atoms with Crippen molar-refractivity contribution >= 4 is 22.8 Å². The van der Waals surface area contributed by atoms with Crippen molar-refractivity contribution in [3.05, 3.63) is 76.6 Å². The molecular formula is C28H32N2O5. The summed E-state index contributed by atoms with van der Waals surface area (Å²) in [5.41, 5.74) is 1.14. The summed E-state index contributed by atoms with van der Waals surface area (Å²) in [6.07, 6.45) is 6.40. The van der Waals surface area contributed by atoms with Crippen molar-refractivity contribution in [3.63, 3.8) is 0 Å². The Kier molecular flexibility index (Phi) is 8.54. The van der Waals surface area contributed by atoms with Gasteiger partial charge in [0, 0.05) is 29.4 Å². The second-order valence-electron chi connectivity index (χ2n) is 8.90. The number of benzene rings is 2. The number of esters is 1. The first-order chi connectivity index (χ1) is 17.1. The molecule has 3 aromatic rings. The van der Waals surface area contributed by atoms with Gasteiger partial charge in [-0.2, -0.15) is 0 Å². The van der Waals surface area contributed by atoms with Crippen LogP contribution in [-0.4, -0.2) is 47.6 Å². The minimum atomic E-state index is -0.366. The van der Waals surface area contributed by atoms with Crippen LogP contribution in [0.25, 0.3) is 10.9 Å². The first kappa shape index (κ1) is 24.5. The van der Waals surface area contributed by atoms with Crippen molar-refractivity contribution in [1.29, 1.82) is 0 Å². The van der Waals surface area contributed by atoms with Gasteiger partial charge in [0.25, 0.3) is 0 Å². The monoisotopic (exact) mass is 476 g/mol. The fourth-order valence-corrected chi connectivity index (χ4v) is 4.58. The topological polar surface area (TPSA) is 88.7 Å². The number of fused-ring (bicyclic) bond motifs is 1. The molecular weight excluding hydrogens is 444 g/mol. The van der Waals surface area contributed by atoms with Crippen molar-refractivity contribution in [2.45, 2.75) is 51.0 Å². The van der Waals surface area contributed by atoms with E-state index in [0.29, 0.717) is 37.3 Å². The van der Waals surface area contributed by atoms with E-state index in [2.05, 4.69) is 4.98 Å². The second kappa shape index (κ2) is 12.2. The molecule has 0 bridgehead atoms. The maximum absolute atomic E-state index is 13.1. The minimum Gasteiger partial charge on any atom is -0.494 e. The summed E-state index contributed by atoms with van der Waals surface area (Å²) in [5, 5.41) is 0.895. The molecule has 1 heterocycles. The number of rotatable bonds is 10. The van der Waals surface area contributed by atoms with Gasteiger partial charge in [-0.25, -0.2) is 4.79 Å². The number of amides is 1. The predicted molar refractivity (Wildman–Crippen MR) is 135 cm³/mol. The molecule has 184 valence electrons. The van der Waals surface area contributed by atoms with Crippen LogP contribution in [0.3, 0.4) is 0 Å². The Morgan fingerprint density at radius 2 is 1.74 bits per heavy atom. The number of carbonyl (C=O) groups excluding carboxylic acids is 2. The first-order valence-electron chi connectivity index (χ1n) is 12.4. The van der Waals surface area contributed by atoms with Crippen molar-refractivity contribution < 1.29 is 19.1 Å². The normalized spacial score (nSPS) is 13.9. The third-order valence-electron chi connectivity index (χ3n) is 6.41. The van der Waals surface area contributed by atoms with Crippen molar-refractivity contribution in [3.8, 4) is 5.75 Å². The van der Waals surface area contributed by atoms with E-state index >= 15 is 0 Å². The molecule has 7 heteroatoms. The molecule has 0 spiro atoms. The Morgan fingerprint density at radius 3 is 2.54 bits per heavy atom. The van der Waals surface area contributed by atoms with Crippen LogP contribution in [0.4, 0.5) is 0 Å². The van der Waals surface area contributed by atoms with E-state index in [1.807, 2.05) is 29.2 Å². The van der Waals surface area contributed by atoms with E-state index < -0.39 is 0 Å². The van der Waals surface area contributed by atoms with E-state index in [1.54, 1.807) is 30.3 Å². The molecule has 0 radical (unpaired) electrons. The SMILES string of the molecule is O=C(OCCN(C(=O)CCCOc1ccc2[nH]c(=O)ccc2c1)C1CCCCC1)c1ccccc1. The Hall–Kier alpha value is -3.61. The average molecular weight is 477 g/mol. The van der Waals surface area contributed by atoms with Gasteiger partial charge in [-0.15, -0.1) is 0 Å². The Morgan fingerprint density at radius 1 is 0.943 bits per heavy atom. The summed E-state index contributed by atoms with van der Waals surface area (Å²) >= 11 is 0. The Balaban J connectivity index is 1.27. The van der Waals surface area contributed by atoms with Crippen LogP contribution in [0, 0.1) is 0 Å². The zero-order chi connectivity index (χ0) is 24.5. The van der Waals surface area contributed by atoms with Gasteiger partial charge in [-0.1, -0.05) is 37.5 Å². The van der Waals surface area contributed by atoms with E-state index in [4.69, 9.17) is 9.47 Å². The minimum absolute atomic E-state index is 0.0762. The lowest BCUT2D eigenvalue weighted by Crippen LogP contribution is -2.43. The number of nitrogens with zero attached hydrogens (tertiary/aromatic N) is 1. The third-order valence-corrected chi connectivity index (χ3v) is 6.41. The molecule has 7 nitrogen and oxygen atoms in total. The molecule has 1 amide bonds. The number of carbonyl (C=O) groups is 2.